The molecule has 0 N–H and O–H groups in total. The third kappa shape index (κ3) is 4.11. The molecule has 2 aromatic rings. The molecule has 0 radical (unpaired) electrons. The van der Waals surface area contributed by atoms with Crippen molar-refractivity contribution in [3.05, 3.63) is 51.0 Å². The minimum absolute atomic E-state index is 0.0709. The normalized spacial score (nSPS) is 19.6. The van der Waals surface area contributed by atoms with Crippen molar-refractivity contribution in [2.24, 2.45) is 0 Å². The highest BCUT2D eigenvalue weighted by atomic mass is 79.9. The van der Waals surface area contributed by atoms with Crippen molar-refractivity contribution in [3.8, 4) is 0 Å². The van der Waals surface area contributed by atoms with Crippen molar-refractivity contribution >= 4 is 54.8 Å². The molecule has 1 amide bonds. The van der Waals surface area contributed by atoms with Gasteiger partial charge in [0, 0.05) is 54.3 Å². The lowest BCUT2D eigenvalue weighted by Gasteiger charge is -2.36. The van der Waals surface area contributed by atoms with Crippen LogP contribution in [0.2, 0.25) is 5.02 Å². The van der Waals surface area contributed by atoms with E-state index in [0.717, 1.165) is 16.8 Å². The number of hydrogen-bond acceptors (Lipinski definition) is 4. The highest BCUT2D eigenvalue weighted by Crippen LogP contribution is 2.41. The van der Waals surface area contributed by atoms with E-state index in [2.05, 4.69) is 20.8 Å². The van der Waals surface area contributed by atoms with Gasteiger partial charge in [0.1, 0.15) is 4.90 Å². The second kappa shape index (κ2) is 8.39. The number of piperazine rings is 1. The predicted octanol–water partition coefficient (Wildman–Crippen LogP) is 4.22. The van der Waals surface area contributed by atoms with E-state index in [9.17, 15) is 13.2 Å². The van der Waals surface area contributed by atoms with E-state index in [-0.39, 0.29) is 16.8 Å². The summed E-state index contributed by atoms with van der Waals surface area (Å²) in [5.74, 6) is -0.147. The maximum Gasteiger partial charge on any atom is 0.245 e. The van der Waals surface area contributed by atoms with E-state index in [1.807, 2.05) is 38.1 Å². The van der Waals surface area contributed by atoms with Gasteiger partial charge in [-0.1, -0.05) is 33.6 Å². The molecule has 0 bridgehead atoms. The number of rotatable bonds is 3. The number of benzene rings is 2. The molecule has 31 heavy (non-hydrogen) atoms. The van der Waals surface area contributed by atoms with Gasteiger partial charge < -0.3 is 9.80 Å². The van der Waals surface area contributed by atoms with Crippen LogP contribution >= 0.6 is 27.5 Å². The lowest BCUT2D eigenvalue weighted by atomic mass is 10.1. The molecule has 1 atom stereocenters. The quantitative estimate of drug-likeness (QED) is 0.601. The highest BCUT2D eigenvalue weighted by Gasteiger charge is 2.38. The number of aryl methyl sites for hydroxylation is 1. The number of carbonyl (C=O) groups is 1. The van der Waals surface area contributed by atoms with Gasteiger partial charge in [-0.3, -0.25) is 4.79 Å². The predicted molar refractivity (Wildman–Crippen MR) is 128 cm³/mol. The smallest absolute Gasteiger partial charge is 0.245 e. The van der Waals surface area contributed by atoms with Crippen LogP contribution in [0.15, 0.2) is 39.7 Å². The second-order valence-electron chi connectivity index (χ2n) is 8.18. The van der Waals surface area contributed by atoms with Crippen molar-refractivity contribution < 1.29 is 13.2 Å². The summed E-state index contributed by atoms with van der Waals surface area (Å²) in [6.07, 6.45) is 0.638. The minimum atomic E-state index is -3.77. The van der Waals surface area contributed by atoms with Gasteiger partial charge in [0.05, 0.1) is 5.69 Å². The topological polar surface area (TPSA) is 60.9 Å². The number of halogens is 2. The Morgan fingerprint density at radius 2 is 1.81 bits per heavy atom. The fourth-order valence-electron chi connectivity index (χ4n) is 4.58. The van der Waals surface area contributed by atoms with Crippen LogP contribution in [0.3, 0.4) is 0 Å². The van der Waals surface area contributed by atoms with E-state index in [0.29, 0.717) is 47.8 Å². The Labute approximate surface area is 196 Å². The first-order chi connectivity index (χ1) is 14.6. The number of carbonyl (C=O) groups excluding carboxylic acids is 1. The van der Waals surface area contributed by atoms with Gasteiger partial charge in [-0.2, -0.15) is 4.31 Å². The maximum absolute atomic E-state index is 13.7. The lowest BCUT2D eigenvalue weighted by molar-refractivity contribution is -0.116. The first-order valence-electron chi connectivity index (χ1n) is 10.2. The summed E-state index contributed by atoms with van der Waals surface area (Å²) < 4.78 is 29.6. The first kappa shape index (κ1) is 22.6. The van der Waals surface area contributed by atoms with Crippen molar-refractivity contribution in [2.45, 2.75) is 38.1 Å². The molecule has 1 unspecified atom stereocenters. The molecule has 1 fully saturated rings. The Balaban J connectivity index is 1.64. The summed E-state index contributed by atoms with van der Waals surface area (Å²) in [6.45, 7) is 7.33. The number of sulfonamides is 1. The highest BCUT2D eigenvalue weighted by molar-refractivity contribution is 9.10. The Hall–Kier alpha value is -1.61. The van der Waals surface area contributed by atoms with Crippen molar-refractivity contribution in [1.29, 1.82) is 0 Å². The third-order valence-electron chi connectivity index (χ3n) is 6.02. The van der Waals surface area contributed by atoms with Crippen molar-refractivity contribution in [3.63, 3.8) is 0 Å². The summed E-state index contributed by atoms with van der Waals surface area (Å²) in [4.78, 5) is 16.3. The van der Waals surface area contributed by atoms with E-state index in [1.165, 1.54) is 11.2 Å². The molecule has 2 aliphatic rings. The average molecular weight is 527 g/mol. The average Bonchev–Trinajstić information content (AvgIpc) is 3.04. The van der Waals surface area contributed by atoms with Crippen LogP contribution < -0.4 is 9.80 Å². The zero-order chi connectivity index (χ0) is 22.5. The van der Waals surface area contributed by atoms with Crippen LogP contribution in [0.1, 0.15) is 25.0 Å². The number of amides is 1. The standard InChI is InChI=1S/C22H25BrClN3O3S/c1-14-4-5-19(24)13-20(14)25-6-8-26(9-7-25)31(29,30)21-12-18(23)11-17-10-15(2)27(16(3)28)22(17)21/h4-5,11-13,15H,6-10H2,1-3H3. The van der Waals surface area contributed by atoms with Crippen molar-refractivity contribution in [1.82, 2.24) is 4.31 Å². The van der Waals surface area contributed by atoms with Crippen LogP contribution in [0.4, 0.5) is 11.4 Å². The molecule has 9 heteroatoms. The molecule has 0 aromatic heterocycles. The molecule has 4 rings (SSSR count). The zero-order valence-corrected chi connectivity index (χ0v) is 20.9. The third-order valence-corrected chi connectivity index (χ3v) is 8.63. The van der Waals surface area contributed by atoms with Crippen molar-refractivity contribution in [2.75, 3.05) is 36.0 Å². The summed E-state index contributed by atoms with van der Waals surface area (Å²) >= 11 is 9.62. The lowest BCUT2D eigenvalue weighted by Crippen LogP contribution is -2.49. The number of fused-ring (bicyclic) bond motifs is 1. The molecule has 6 nitrogen and oxygen atoms in total. The fourth-order valence-corrected chi connectivity index (χ4v) is 7.08. The molecule has 2 aromatic carbocycles. The molecule has 0 aliphatic carbocycles. The summed E-state index contributed by atoms with van der Waals surface area (Å²) in [5, 5.41) is 0.666. The van der Waals surface area contributed by atoms with E-state index >= 15 is 0 Å². The molecular formula is C22H25BrClN3O3S. The summed E-state index contributed by atoms with van der Waals surface area (Å²) in [7, 11) is -3.77. The molecular weight excluding hydrogens is 502 g/mol. The molecule has 1 saturated heterocycles. The monoisotopic (exact) mass is 525 g/mol. The number of anilines is 2. The SMILES string of the molecule is CC(=O)N1c2c(cc(Br)cc2S(=O)(=O)N2CCN(c3cc(Cl)ccc3C)CC2)CC1C. The molecule has 0 saturated carbocycles. The van der Waals surface area contributed by atoms with Gasteiger partial charge in [0.2, 0.25) is 15.9 Å². The van der Waals surface area contributed by atoms with Gasteiger partial charge in [0.15, 0.2) is 0 Å². The Bertz CT molecular complexity index is 1150. The molecule has 166 valence electrons. The van der Waals surface area contributed by atoms with Crippen LogP contribution in [0.25, 0.3) is 0 Å². The van der Waals surface area contributed by atoms with E-state index in [4.69, 9.17) is 11.6 Å². The van der Waals surface area contributed by atoms with Gasteiger partial charge >= 0.3 is 0 Å². The second-order valence-corrected chi connectivity index (χ2v) is 11.4. The summed E-state index contributed by atoms with van der Waals surface area (Å²) in [5.41, 5.74) is 3.54. The van der Waals surface area contributed by atoms with Gasteiger partial charge in [-0.15, -0.1) is 0 Å². The maximum atomic E-state index is 13.7. The van der Waals surface area contributed by atoms with E-state index in [1.54, 1.807) is 11.0 Å². The number of hydrogen-bond donors (Lipinski definition) is 0. The largest absolute Gasteiger partial charge is 0.369 e. The number of nitrogens with zero attached hydrogens (tertiary/aromatic N) is 3. The van der Waals surface area contributed by atoms with Crippen LogP contribution in [0, 0.1) is 6.92 Å². The van der Waals surface area contributed by atoms with Crippen LogP contribution in [-0.4, -0.2) is 50.9 Å². The van der Waals surface area contributed by atoms with Crippen LogP contribution in [-0.2, 0) is 21.2 Å². The van der Waals surface area contributed by atoms with Gasteiger partial charge in [-0.05, 0) is 55.7 Å². The molecule has 2 aliphatic heterocycles. The van der Waals surface area contributed by atoms with Gasteiger partial charge in [0.25, 0.3) is 0 Å². The zero-order valence-electron chi connectivity index (χ0n) is 17.7. The van der Waals surface area contributed by atoms with Gasteiger partial charge in [-0.25, -0.2) is 8.42 Å². The molecule has 0 spiro atoms. The Kier molecular flexibility index (Phi) is 6.11. The Morgan fingerprint density at radius 1 is 1.13 bits per heavy atom. The fraction of sp³-hybridized carbons (Fsp3) is 0.409. The minimum Gasteiger partial charge on any atom is -0.369 e. The summed E-state index contributed by atoms with van der Waals surface area (Å²) in [6, 6.07) is 9.22. The first-order valence-corrected chi connectivity index (χ1v) is 12.8. The van der Waals surface area contributed by atoms with E-state index < -0.39 is 10.0 Å². The Morgan fingerprint density at radius 3 is 2.45 bits per heavy atom. The molecule has 2 heterocycles. The van der Waals surface area contributed by atoms with Crippen LogP contribution in [0.5, 0.6) is 0 Å².